The molecule has 0 radical (unpaired) electrons. The van der Waals surface area contributed by atoms with Gasteiger partial charge in [-0.1, -0.05) is 35.9 Å². The van der Waals surface area contributed by atoms with E-state index in [1.54, 1.807) is 24.3 Å². The molecule has 5 heteroatoms. The van der Waals surface area contributed by atoms with Crippen LogP contribution in [0, 0.1) is 13.8 Å². The highest BCUT2D eigenvalue weighted by atomic mass is 16.2. The Hall–Kier alpha value is -2.95. The Kier molecular flexibility index (Phi) is 5.16. The smallest absolute Gasteiger partial charge is 0.261 e. The molecule has 0 saturated carbocycles. The number of carbonyl (C=O) groups is 3. The standard InChI is InChI=1S/C21H22N2O3/c1-14-9-10-16(15(2)12-14)13-22-19(24)8-5-11-23-20(25)17-6-3-4-7-18(17)21(23)26/h3-4,6-7,9-10,12H,5,8,11,13H2,1-2H3,(H,22,24). The molecule has 0 unspecified atom stereocenters. The summed E-state index contributed by atoms with van der Waals surface area (Å²) in [6.07, 6.45) is 0.725. The average molecular weight is 350 g/mol. The van der Waals surface area contributed by atoms with E-state index in [2.05, 4.69) is 11.4 Å². The summed E-state index contributed by atoms with van der Waals surface area (Å²) in [5.74, 6) is -0.635. The third-order valence-electron chi connectivity index (χ3n) is 4.64. The molecule has 0 spiro atoms. The molecule has 3 rings (SSSR count). The molecule has 26 heavy (non-hydrogen) atoms. The molecule has 1 heterocycles. The van der Waals surface area contributed by atoms with Crippen LogP contribution < -0.4 is 5.32 Å². The first-order valence-electron chi connectivity index (χ1n) is 8.75. The molecule has 3 amide bonds. The Bertz CT molecular complexity index is 838. The zero-order chi connectivity index (χ0) is 18.7. The molecule has 1 N–H and O–H groups in total. The summed E-state index contributed by atoms with van der Waals surface area (Å²) in [6, 6.07) is 12.9. The Morgan fingerprint density at radius 1 is 1.00 bits per heavy atom. The Morgan fingerprint density at radius 3 is 2.27 bits per heavy atom. The van der Waals surface area contributed by atoms with E-state index < -0.39 is 0 Å². The van der Waals surface area contributed by atoms with Crippen molar-refractivity contribution in [2.45, 2.75) is 33.2 Å². The number of hydrogen-bond donors (Lipinski definition) is 1. The first-order valence-corrected chi connectivity index (χ1v) is 8.75. The molecule has 0 aromatic heterocycles. The molecule has 1 aliphatic heterocycles. The molecule has 134 valence electrons. The average Bonchev–Trinajstić information content (AvgIpc) is 2.86. The van der Waals surface area contributed by atoms with Crippen molar-refractivity contribution < 1.29 is 14.4 Å². The fraction of sp³-hybridized carbons (Fsp3) is 0.286. The van der Waals surface area contributed by atoms with E-state index in [0.29, 0.717) is 24.1 Å². The second kappa shape index (κ2) is 7.52. The summed E-state index contributed by atoms with van der Waals surface area (Å²) < 4.78 is 0. The fourth-order valence-corrected chi connectivity index (χ4v) is 3.17. The number of carbonyl (C=O) groups excluding carboxylic acids is 3. The van der Waals surface area contributed by atoms with Crippen LogP contribution in [0.25, 0.3) is 0 Å². The maximum Gasteiger partial charge on any atom is 0.261 e. The maximum atomic E-state index is 12.3. The normalized spacial score (nSPS) is 13.1. The molecular weight excluding hydrogens is 328 g/mol. The number of imide groups is 1. The highest BCUT2D eigenvalue weighted by Crippen LogP contribution is 2.22. The summed E-state index contributed by atoms with van der Waals surface area (Å²) >= 11 is 0. The van der Waals surface area contributed by atoms with Crippen molar-refractivity contribution in [2.24, 2.45) is 0 Å². The van der Waals surface area contributed by atoms with Gasteiger partial charge in [0.05, 0.1) is 11.1 Å². The molecular formula is C21H22N2O3. The van der Waals surface area contributed by atoms with Crippen LogP contribution in [0.4, 0.5) is 0 Å². The lowest BCUT2D eigenvalue weighted by Gasteiger charge is -2.13. The van der Waals surface area contributed by atoms with Gasteiger partial charge in [-0.05, 0) is 43.5 Å². The van der Waals surface area contributed by atoms with Crippen LogP contribution in [-0.4, -0.2) is 29.2 Å². The predicted octanol–water partition coefficient (Wildman–Crippen LogP) is 3.00. The molecule has 0 fully saturated rings. The van der Waals surface area contributed by atoms with Crippen molar-refractivity contribution in [3.05, 3.63) is 70.3 Å². The van der Waals surface area contributed by atoms with Gasteiger partial charge in [-0.25, -0.2) is 0 Å². The maximum absolute atomic E-state index is 12.3. The van der Waals surface area contributed by atoms with Gasteiger partial charge in [-0.3, -0.25) is 19.3 Å². The predicted molar refractivity (Wildman–Crippen MR) is 98.8 cm³/mol. The van der Waals surface area contributed by atoms with Crippen molar-refractivity contribution in [3.63, 3.8) is 0 Å². The molecule has 5 nitrogen and oxygen atoms in total. The van der Waals surface area contributed by atoms with Crippen LogP contribution in [-0.2, 0) is 11.3 Å². The number of rotatable bonds is 6. The van der Waals surface area contributed by atoms with Crippen LogP contribution in [0.15, 0.2) is 42.5 Å². The monoisotopic (exact) mass is 350 g/mol. The summed E-state index contributed by atoms with van der Waals surface area (Å²) in [5, 5.41) is 2.90. The molecule has 2 aromatic rings. The van der Waals surface area contributed by atoms with Crippen LogP contribution >= 0.6 is 0 Å². The second-order valence-electron chi connectivity index (χ2n) is 6.62. The van der Waals surface area contributed by atoms with Gasteiger partial charge < -0.3 is 5.32 Å². The molecule has 0 aliphatic carbocycles. The zero-order valence-electron chi connectivity index (χ0n) is 15.0. The van der Waals surface area contributed by atoms with Gasteiger partial charge in [0.1, 0.15) is 0 Å². The fourth-order valence-electron chi connectivity index (χ4n) is 3.17. The minimum Gasteiger partial charge on any atom is -0.352 e. The van der Waals surface area contributed by atoms with E-state index in [1.807, 2.05) is 26.0 Å². The Labute approximate surface area is 153 Å². The van der Waals surface area contributed by atoms with E-state index in [-0.39, 0.29) is 30.7 Å². The number of hydrogen-bond acceptors (Lipinski definition) is 3. The van der Waals surface area contributed by atoms with Gasteiger partial charge in [0.25, 0.3) is 11.8 Å². The van der Waals surface area contributed by atoms with Gasteiger partial charge >= 0.3 is 0 Å². The van der Waals surface area contributed by atoms with Crippen molar-refractivity contribution in [2.75, 3.05) is 6.54 Å². The number of aryl methyl sites for hydroxylation is 2. The number of nitrogens with zero attached hydrogens (tertiary/aromatic N) is 1. The number of nitrogens with one attached hydrogen (secondary N) is 1. The zero-order valence-corrected chi connectivity index (χ0v) is 15.0. The lowest BCUT2D eigenvalue weighted by molar-refractivity contribution is -0.121. The lowest BCUT2D eigenvalue weighted by atomic mass is 10.1. The van der Waals surface area contributed by atoms with E-state index in [4.69, 9.17) is 0 Å². The van der Waals surface area contributed by atoms with Crippen LogP contribution in [0.5, 0.6) is 0 Å². The van der Waals surface area contributed by atoms with Gasteiger partial charge in [-0.15, -0.1) is 0 Å². The Morgan fingerprint density at radius 2 is 1.65 bits per heavy atom. The molecule has 1 aliphatic rings. The summed E-state index contributed by atoms with van der Waals surface area (Å²) in [6.45, 7) is 4.80. The van der Waals surface area contributed by atoms with E-state index in [9.17, 15) is 14.4 Å². The molecule has 0 saturated heterocycles. The summed E-state index contributed by atoms with van der Waals surface area (Å²) in [7, 11) is 0. The number of benzene rings is 2. The van der Waals surface area contributed by atoms with Crippen LogP contribution in [0.3, 0.4) is 0 Å². The summed E-state index contributed by atoms with van der Waals surface area (Å²) in [5.41, 5.74) is 4.31. The van der Waals surface area contributed by atoms with Crippen molar-refractivity contribution >= 4 is 17.7 Å². The van der Waals surface area contributed by atoms with Gasteiger partial charge in [0.15, 0.2) is 0 Å². The quantitative estimate of drug-likeness (QED) is 0.815. The van der Waals surface area contributed by atoms with E-state index >= 15 is 0 Å². The highest BCUT2D eigenvalue weighted by molar-refractivity contribution is 6.21. The topological polar surface area (TPSA) is 66.5 Å². The number of fused-ring (bicyclic) bond motifs is 1. The highest BCUT2D eigenvalue weighted by Gasteiger charge is 2.34. The SMILES string of the molecule is Cc1ccc(CNC(=O)CCCN2C(=O)c3ccccc3C2=O)c(C)c1. The van der Waals surface area contributed by atoms with Gasteiger partial charge in [0, 0.05) is 19.5 Å². The van der Waals surface area contributed by atoms with Crippen LogP contribution in [0.2, 0.25) is 0 Å². The Balaban J connectivity index is 1.47. The molecule has 2 aromatic carbocycles. The van der Waals surface area contributed by atoms with E-state index in [0.717, 1.165) is 11.1 Å². The molecule has 0 bridgehead atoms. The first-order chi connectivity index (χ1) is 12.5. The van der Waals surface area contributed by atoms with Crippen molar-refractivity contribution in [3.8, 4) is 0 Å². The second-order valence-corrected chi connectivity index (χ2v) is 6.62. The summed E-state index contributed by atoms with van der Waals surface area (Å²) in [4.78, 5) is 37.8. The minimum absolute atomic E-state index is 0.0819. The van der Waals surface area contributed by atoms with Crippen LogP contribution in [0.1, 0.15) is 50.2 Å². The first kappa shape index (κ1) is 17.9. The third-order valence-corrected chi connectivity index (χ3v) is 4.64. The molecule has 0 atom stereocenters. The number of amides is 3. The van der Waals surface area contributed by atoms with Crippen molar-refractivity contribution in [1.29, 1.82) is 0 Å². The van der Waals surface area contributed by atoms with Crippen molar-refractivity contribution in [1.82, 2.24) is 10.2 Å². The van der Waals surface area contributed by atoms with Gasteiger partial charge in [0.2, 0.25) is 5.91 Å². The minimum atomic E-state index is -0.277. The van der Waals surface area contributed by atoms with E-state index in [1.165, 1.54) is 10.5 Å². The lowest BCUT2D eigenvalue weighted by Crippen LogP contribution is -2.32. The van der Waals surface area contributed by atoms with Gasteiger partial charge in [-0.2, -0.15) is 0 Å². The largest absolute Gasteiger partial charge is 0.352 e. The third kappa shape index (κ3) is 3.67.